The molecule has 0 saturated carbocycles. The highest BCUT2D eigenvalue weighted by Gasteiger charge is 2.19. The van der Waals surface area contributed by atoms with Gasteiger partial charge in [0, 0.05) is 24.0 Å². The topological polar surface area (TPSA) is 51.4 Å². The van der Waals surface area contributed by atoms with Gasteiger partial charge < -0.3 is 15.4 Å². The number of likely N-dealkylation sites (N-methyl/N-ethyl adjacent to an activating group) is 1. The number of para-hydroxylation sites is 1. The fourth-order valence-corrected chi connectivity index (χ4v) is 2.96. The van der Waals surface area contributed by atoms with Crippen molar-refractivity contribution in [3.05, 3.63) is 36.0 Å². The molecule has 4 heteroatoms. The lowest BCUT2D eigenvalue weighted by molar-refractivity contribution is 0.126. The van der Waals surface area contributed by atoms with Gasteiger partial charge in [-0.25, -0.2) is 0 Å². The zero-order chi connectivity index (χ0) is 14.7. The smallest absolute Gasteiger partial charge is 0.130 e. The molecule has 3 rings (SSSR count). The van der Waals surface area contributed by atoms with Crippen molar-refractivity contribution in [3.8, 4) is 5.75 Å². The Hall–Kier alpha value is -1.65. The quantitative estimate of drug-likeness (QED) is 0.938. The van der Waals surface area contributed by atoms with Crippen LogP contribution in [0.15, 0.2) is 30.3 Å². The molecule has 0 amide bonds. The molecule has 0 radical (unpaired) electrons. The number of pyridine rings is 1. The van der Waals surface area contributed by atoms with Gasteiger partial charge in [-0.05, 0) is 38.6 Å². The molecule has 1 atom stereocenters. The van der Waals surface area contributed by atoms with Crippen molar-refractivity contribution in [1.82, 2.24) is 9.88 Å². The van der Waals surface area contributed by atoms with Crippen LogP contribution in [0.25, 0.3) is 10.9 Å². The van der Waals surface area contributed by atoms with Gasteiger partial charge >= 0.3 is 0 Å². The van der Waals surface area contributed by atoms with E-state index in [1.54, 1.807) is 0 Å². The predicted molar refractivity (Wildman–Crippen MR) is 85.4 cm³/mol. The molecule has 1 fully saturated rings. The molecule has 2 heterocycles. The molecule has 1 saturated heterocycles. The molecule has 1 aliphatic heterocycles. The number of piperidine rings is 1. The number of benzene rings is 1. The first kappa shape index (κ1) is 14.3. The molecular formula is C17H23N3O. The maximum absolute atomic E-state index is 6.13. The molecule has 0 bridgehead atoms. The number of rotatable bonds is 4. The van der Waals surface area contributed by atoms with E-state index in [4.69, 9.17) is 10.5 Å². The number of hydrogen-bond acceptors (Lipinski definition) is 4. The second-order valence-electron chi connectivity index (χ2n) is 5.77. The van der Waals surface area contributed by atoms with Crippen molar-refractivity contribution in [3.63, 3.8) is 0 Å². The monoisotopic (exact) mass is 285 g/mol. The number of nitrogens with zero attached hydrogens (tertiary/aromatic N) is 2. The van der Waals surface area contributed by atoms with Crippen LogP contribution in [0.3, 0.4) is 0 Å². The Kier molecular flexibility index (Phi) is 4.36. The van der Waals surface area contributed by atoms with Crippen LogP contribution in [-0.4, -0.2) is 36.1 Å². The first-order valence-electron chi connectivity index (χ1n) is 7.69. The number of nitrogens with two attached hydrogens (primary N) is 1. The number of likely N-dealkylation sites (tertiary alicyclic amines) is 1. The van der Waals surface area contributed by atoms with Gasteiger partial charge in [0.15, 0.2) is 0 Å². The van der Waals surface area contributed by atoms with Crippen molar-refractivity contribution in [1.29, 1.82) is 0 Å². The van der Waals surface area contributed by atoms with E-state index >= 15 is 0 Å². The lowest BCUT2D eigenvalue weighted by Gasteiger charge is -2.32. The van der Waals surface area contributed by atoms with Crippen LogP contribution in [0.2, 0.25) is 0 Å². The van der Waals surface area contributed by atoms with Gasteiger partial charge in [-0.3, -0.25) is 4.98 Å². The minimum atomic E-state index is 0.435. The number of ether oxygens (including phenoxy) is 1. The van der Waals surface area contributed by atoms with Gasteiger partial charge in [0.2, 0.25) is 0 Å². The molecule has 1 unspecified atom stereocenters. The highest BCUT2D eigenvalue weighted by Crippen LogP contribution is 2.26. The van der Waals surface area contributed by atoms with Crippen LogP contribution >= 0.6 is 0 Å². The van der Waals surface area contributed by atoms with E-state index in [0.29, 0.717) is 12.6 Å². The van der Waals surface area contributed by atoms with Crippen LogP contribution in [0, 0.1) is 0 Å². The Balaban J connectivity index is 1.82. The van der Waals surface area contributed by atoms with Gasteiger partial charge in [-0.1, -0.05) is 18.6 Å². The molecular weight excluding hydrogens is 262 g/mol. The van der Waals surface area contributed by atoms with Crippen LogP contribution in [0.4, 0.5) is 0 Å². The van der Waals surface area contributed by atoms with Gasteiger partial charge in [0.25, 0.3) is 0 Å². The van der Waals surface area contributed by atoms with Gasteiger partial charge in [-0.2, -0.15) is 0 Å². The molecule has 1 aromatic heterocycles. The minimum absolute atomic E-state index is 0.435. The Morgan fingerprint density at radius 3 is 3.00 bits per heavy atom. The van der Waals surface area contributed by atoms with Gasteiger partial charge in [0.1, 0.15) is 12.4 Å². The average Bonchev–Trinajstić information content (AvgIpc) is 2.53. The highest BCUT2D eigenvalue weighted by atomic mass is 16.5. The first-order chi connectivity index (χ1) is 10.3. The summed E-state index contributed by atoms with van der Waals surface area (Å²) in [5, 5.41) is 1.06. The summed E-state index contributed by atoms with van der Waals surface area (Å²) >= 11 is 0. The normalized spacial score (nSPS) is 19.8. The number of hydrogen-bond donors (Lipinski definition) is 1. The van der Waals surface area contributed by atoms with Crippen molar-refractivity contribution in [2.75, 3.05) is 20.2 Å². The van der Waals surface area contributed by atoms with E-state index < -0.39 is 0 Å². The summed E-state index contributed by atoms with van der Waals surface area (Å²) in [6.45, 7) is 2.33. The van der Waals surface area contributed by atoms with E-state index in [2.05, 4.69) is 23.0 Å². The fraction of sp³-hybridized carbons (Fsp3) is 0.471. The van der Waals surface area contributed by atoms with E-state index in [1.165, 1.54) is 25.8 Å². The van der Waals surface area contributed by atoms with Crippen molar-refractivity contribution in [2.24, 2.45) is 5.73 Å². The van der Waals surface area contributed by atoms with Gasteiger partial charge in [-0.15, -0.1) is 0 Å². The van der Waals surface area contributed by atoms with E-state index in [9.17, 15) is 0 Å². The van der Waals surface area contributed by atoms with Gasteiger partial charge in [0.05, 0.1) is 11.2 Å². The Bertz CT molecular complexity index is 614. The molecule has 112 valence electrons. The van der Waals surface area contributed by atoms with E-state index in [-0.39, 0.29) is 0 Å². The summed E-state index contributed by atoms with van der Waals surface area (Å²) in [4.78, 5) is 6.95. The summed E-state index contributed by atoms with van der Waals surface area (Å²) in [6, 6.07) is 10.6. The summed E-state index contributed by atoms with van der Waals surface area (Å²) in [6.07, 6.45) is 3.80. The van der Waals surface area contributed by atoms with Crippen LogP contribution in [0.5, 0.6) is 5.75 Å². The maximum atomic E-state index is 6.13. The van der Waals surface area contributed by atoms with E-state index in [0.717, 1.165) is 29.0 Å². The molecule has 0 spiro atoms. The summed E-state index contributed by atoms with van der Waals surface area (Å²) in [5.74, 6) is 0.903. The fourth-order valence-electron chi connectivity index (χ4n) is 2.96. The lowest BCUT2D eigenvalue weighted by atomic mass is 10.0. The van der Waals surface area contributed by atoms with Crippen molar-refractivity contribution >= 4 is 10.9 Å². The molecule has 2 N–H and O–H groups in total. The zero-order valence-corrected chi connectivity index (χ0v) is 12.6. The largest absolute Gasteiger partial charge is 0.491 e. The molecule has 1 aromatic carbocycles. The standard InChI is InChI=1S/C17H23N3O/c1-20-9-5-4-6-14(20)12-21-17-10-13(11-18)19-16-8-3-2-7-15(16)17/h2-3,7-8,10,14H,4-6,9,11-12,18H2,1H3. The average molecular weight is 285 g/mol. The third-order valence-electron chi connectivity index (χ3n) is 4.29. The third kappa shape index (κ3) is 3.17. The lowest BCUT2D eigenvalue weighted by Crippen LogP contribution is -2.40. The van der Waals surface area contributed by atoms with Crippen molar-refractivity contribution in [2.45, 2.75) is 31.8 Å². The SMILES string of the molecule is CN1CCCCC1COc1cc(CN)nc2ccccc12. The number of aromatic nitrogens is 1. The molecule has 1 aliphatic rings. The Morgan fingerprint density at radius 2 is 2.19 bits per heavy atom. The first-order valence-corrected chi connectivity index (χ1v) is 7.69. The number of fused-ring (bicyclic) bond motifs is 1. The summed E-state index contributed by atoms with van der Waals surface area (Å²) in [5.41, 5.74) is 7.57. The minimum Gasteiger partial charge on any atom is -0.491 e. The van der Waals surface area contributed by atoms with E-state index in [1.807, 2.05) is 24.3 Å². The molecule has 4 nitrogen and oxygen atoms in total. The van der Waals surface area contributed by atoms with Crippen molar-refractivity contribution < 1.29 is 4.74 Å². The second kappa shape index (κ2) is 6.41. The molecule has 21 heavy (non-hydrogen) atoms. The Morgan fingerprint density at radius 1 is 1.33 bits per heavy atom. The highest BCUT2D eigenvalue weighted by molar-refractivity contribution is 5.85. The van der Waals surface area contributed by atoms with Crippen LogP contribution in [-0.2, 0) is 6.54 Å². The summed E-state index contributed by atoms with van der Waals surface area (Å²) in [7, 11) is 2.18. The predicted octanol–water partition coefficient (Wildman–Crippen LogP) is 2.56. The summed E-state index contributed by atoms with van der Waals surface area (Å²) < 4.78 is 6.13. The zero-order valence-electron chi connectivity index (χ0n) is 12.6. The molecule has 0 aliphatic carbocycles. The van der Waals surface area contributed by atoms with Crippen LogP contribution < -0.4 is 10.5 Å². The Labute approximate surface area is 125 Å². The third-order valence-corrected chi connectivity index (χ3v) is 4.29. The molecule has 2 aromatic rings. The second-order valence-corrected chi connectivity index (χ2v) is 5.77. The van der Waals surface area contributed by atoms with Crippen LogP contribution in [0.1, 0.15) is 25.0 Å². The maximum Gasteiger partial charge on any atom is 0.130 e.